The topological polar surface area (TPSA) is 77.8 Å². The molecule has 0 saturated carbocycles. The minimum Gasteiger partial charge on any atom is -0.490 e. The smallest absolute Gasteiger partial charge is 0.259 e. The van der Waals surface area contributed by atoms with E-state index < -0.39 is 0 Å². The summed E-state index contributed by atoms with van der Waals surface area (Å²) in [5, 5.41) is 8.03. The number of aromatic nitrogens is 3. The van der Waals surface area contributed by atoms with Crippen molar-refractivity contribution < 1.29 is 14.3 Å². The zero-order valence-electron chi connectivity index (χ0n) is 19.9. The van der Waals surface area contributed by atoms with Crippen LogP contribution in [-0.4, -0.2) is 33.7 Å². The van der Waals surface area contributed by atoms with E-state index in [0.29, 0.717) is 52.3 Å². The van der Waals surface area contributed by atoms with Gasteiger partial charge in [-0.1, -0.05) is 23.7 Å². The predicted octanol–water partition coefficient (Wildman–Crippen LogP) is 6.02. The lowest BCUT2D eigenvalue weighted by Crippen LogP contribution is -2.16. The predicted molar refractivity (Wildman–Crippen MR) is 134 cm³/mol. The van der Waals surface area contributed by atoms with E-state index in [9.17, 15) is 4.79 Å². The molecule has 2 aromatic heterocycles. The van der Waals surface area contributed by atoms with Crippen LogP contribution >= 0.6 is 11.6 Å². The van der Waals surface area contributed by atoms with E-state index >= 15 is 0 Å². The minimum atomic E-state index is -0.299. The zero-order valence-corrected chi connectivity index (χ0v) is 20.7. The van der Waals surface area contributed by atoms with Crippen LogP contribution in [0.1, 0.15) is 41.2 Å². The maximum atomic E-state index is 13.0. The second-order valence-electron chi connectivity index (χ2n) is 7.92. The van der Waals surface area contributed by atoms with Crippen molar-refractivity contribution in [2.45, 2.75) is 34.6 Å². The lowest BCUT2D eigenvalue weighted by Gasteiger charge is -2.13. The molecule has 2 heterocycles. The number of fused-ring (bicyclic) bond motifs is 1. The molecule has 8 heteroatoms. The Hall–Kier alpha value is -3.58. The molecule has 34 heavy (non-hydrogen) atoms. The Morgan fingerprint density at radius 1 is 1.03 bits per heavy atom. The lowest BCUT2D eigenvalue weighted by atomic mass is 10.1. The van der Waals surface area contributed by atoms with Gasteiger partial charge in [-0.25, -0.2) is 9.50 Å². The van der Waals surface area contributed by atoms with Gasteiger partial charge in [0.1, 0.15) is 0 Å². The number of carbonyl (C=O) groups excluding carboxylic acids is 1. The second-order valence-corrected chi connectivity index (χ2v) is 8.33. The van der Waals surface area contributed by atoms with Crippen LogP contribution in [0.5, 0.6) is 11.5 Å². The molecule has 0 fully saturated rings. The van der Waals surface area contributed by atoms with Gasteiger partial charge < -0.3 is 14.8 Å². The molecule has 7 nitrogen and oxygen atoms in total. The van der Waals surface area contributed by atoms with E-state index in [0.717, 1.165) is 22.4 Å². The average Bonchev–Trinajstić information content (AvgIpc) is 3.14. The first-order valence-electron chi connectivity index (χ1n) is 11.2. The van der Waals surface area contributed by atoms with Crippen molar-refractivity contribution >= 4 is 28.8 Å². The monoisotopic (exact) mass is 478 g/mol. The van der Waals surface area contributed by atoms with Crippen LogP contribution in [0.4, 0.5) is 5.69 Å². The van der Waals surface area contributed by atoms with E-state index in [4.69, 9.17) is 21.1 Å². The summed E-state index contributed by atoms with van der Waals surface area (Å²) in [7, 11) is 0. The molecule has 0 aliphatic rings. The van der Waals surface area contributed by atoms with Gasteiger partial charge in [-0.05, 0) is 70.0 Å². The largest absolute Gasteiger partial charge is 0.490 e. The molecule has 0 unspecified atom stereocenters. The number of ether oxygens (including phenoxy) is 2. The summed E-state index contributed by atoms with van der Waals surface area (Å²) < 4.78 is 13.2. The Kier molecular flexibility index (Phi) is 6.75. The Morgan fingerprint density at radius 2 is 1.76 bits per heavy atom. The molecule has 0 radical (unpaired) electrons. The molecule has 0 atom stereocenters. The quantitative estimate of drug-likeness (QED) is 0.351. The van der Waals surface area contributed by atoms with E-state index in [1.807, 2.05) is 65.0 Å². The van der Waals surface area contributed by atoms with Crippen LogP contribution in [0.3, 0.4) is 0 Å². The summed E-state index contributed by atoms with van der Waals surface area (Å²) in [6.07, 6.45) is 1.57. The fourth-order valence-corrected chi connectivity index (χ4v) is 4.16. The molecule has 2 aromatic carbocycles. The van der Waals surface area contributed by atoms with Gasteiger partial charge >= 0.3 is 0 Å². The van der Waals surface area contributed by atoms with Crippen molar-refractivity contribution in [3.8, 4) is 22.6 Å². The summed E-state index contributed by atoms with van der Waals surface area (Å²) in [5.41, 5.74) is 5.90. The summed E-state index contributed by atoms with van der Waals surface area (Å²) in [5.74, 6) is 1.07. The Morgan fingerprint density at radius 3 is 2.47 bits per heavy atom. The minimum absolute atomic E-state index is 0.299. The van der Waals surface area contributed by atoms with Gasteiger partial charge in [0.05, 0.1) is 40.9 Å². The molecule has 0 aliphatic carbocycles. The maximum absolute atomic E-state index is 13.0. The number of nitrogens with zero attached hydrogens (tertiary/aromatic N) is 3. The summed E-state index contributed by atoms with van der Waals surface area (Å²) in [4.78, 5) is 17.6. The number of hydrogen-bond donors (Lipinski definition) is 1. The molecule has 176 valence electrons. The highest BCUT2D eigenvalue weighted by molar-refractivity contribution is 6.34. The fraction of sp³-hybridized carbons (Fsp3) is 0.269. The number of halogens is 1. The van der Waals surface area contributed by atoms with E-state index in [-0.39, 0.29) is 5.91 Å². The van der Waals surface area contributed by atoms with Gasteiger partial charge in [0.2, 0.25) is 0 Å². The third-order valence-corrected chi connectivity index (χ3v) is 5.82. The Labute approximate surface area is 203 Å². The van der Waals surface area contributed by atoms with Crippen LogP contribution in [0.15, 0.2) is 42.6 Å². The molecule has 1 N–H and O–H groups in total. The molecule has 4 aromatic rings. The van der Waals surface area contributed by atoms with Crippen molar-refractivity contribution in [1.29, 1.82) is 0 Å². The summed E-state index contributed by atoms with van der Waals surface area (Å²) >= 11 is 6.29. The van der Waals surface area contributed by atoms with Gasteiger partial charge in [0.15, 0.2) is 17.1 Å². The van der Waals surface area contributed by atoms with Crippen molar-refractivity contribution in [3.05, 3.63) is 70.1 Å². The number of hydrogen-bond acceptors (Lipinski definition) is 5. The van der Waals surface area contributed by atoms with Crippen LogP contribution < -0.4 is 14.8 Å². The van der Waals surface area contributed by atoms with E-state index in [2.05, 4.69) is 15.4 Å². The molecule has 0 spiro atoms. The van der Waals surface area contributed by atoms with Gasteiger partial charge in [-0.3, -0.25) is 4.79 Å². The number of anilines is 1. The number of nitrogens with one attached hydrogen (secondary N) is 1. The van der Waals surface area contributed by atoms with Gasteiger partial charge in [0.25, 0.3) is 5.91 Å². The Bertz CT molecular complexity index is 1380. The highest BCUT2D eigenvalue weighted by atomic mass is 35.5. The standard InChI is InChI=1S/C26H27ClN4O3/c1-6-33-22-11-9-18(13-23(22)34-7-2)24-16(4)30-31-17(5)19(14-28-25(24)31)26(32)29-21-10-8-15(3)12-20(21)27/h8-14H,6-7H2,1-5H3,(H,29,32). The average molecular weight is 479 g/mol. The third kappa shape index (κ3) is 4.43. The van der Waals surface area contributed by atoms with Crippen LogP contribution in [-0.2, 0) is 0 Å². The summed E-state index contributed by atoms with van der Waals surface area (Å²) in [6.45, 7) is 10.7. The van der Waals surface area contributed by atoms with Crippen LogP contribution in [0.2, 0.25) is 5.02 Å². The SMILES string of the molecule is CCOc1ccc(-c2c(C)nn3c(C)c(C(=O)Nc4ccc(C)cc4Cl)cnc23)cc1OCC. The van der Waals surface area contributed by atoms with E-state index in [1.165, 1.54) is 0 Å². The molecule has 4 rings (SSSR count). The number of benzene rings is 2. The molecular formula is C26H27ClN4O3. The first kappa shape index (κ1) is 23.6. The zero-order chi connectivity index (χ0) is 24.4. The first-order chi connectivity index (χ1) is 16.3. The summed E-state index contributed by atoms with van der Waals surface area (Å²) in [6, 6.07) is 11.3. The van der Waals surface area contributed by atoms with Gasteiger partial charge in [0, 0.05) is 11.8 Å². The number of rotatable bonds is 7. The second kappa shape index (κ2) is 9.73. The Balaban J connectivity index is 1.74. The van der Waals surface area contributed by atoms with Crippen molar-refractivity contribution in [3.63, 3.8) is 0 Å². The molecule has 1 amide bonds. The van der Waals surface area contributed by atoms with Gasteiger partial charge in [-0.15, -0.1) is 0 Å². The molecule has 0 bridgehead atoms. The van der Waals surface area contributed by atoms with Gasteiger partial charge in [-0.2, -0.15) is 5.10 Å². The molecular weight excluding hydrogens is 452 g/mol. The first-order valence-corrected chi connectivity index (χ1v) is 11.5. The number of carbonyl (C=O) groups is 1. The number of aryl methyl sites for hydroxylation is 3. The maximum Gasteiger partial charge on any atom is 0.259 e. The third-order valence-electron chi connectivity index (χ3n) is 5.51. The fourth-order valence-electron chi connectivity index (χ4n) is 3.88. The molecule has 0 aliphatic heterocycles. The van der Waals surface area contributed by atoms with Crippen LogP contribution in [0.25, 0.3) is 16.8 Å². The lowest BCUT2D eigenvalue weighted by molar-refractivity contribution is 0.102. The normalized spacial score (nSPS) is 11.0. The van der Waals surface area contributed by atoms with Crippen molar-refractivity contribution in [2.75, 3.05) is 18.5 Å². The van der Waals surface area contributed by atoms with Crippen LogP contribution in [0, 0.1) is 20.8 Å². The van der Waals surface area contributed by atoms with Crippen molar-refractivity contribution in [1.82, 2.24) is 14.6 Å². The highest BCUT2D eigenvalue weighted by Gasteiger charge is 2.20. The molecule has 0 saturated heterocycles. The van der Waals surface area contributed by atoms with Crippen molar-refractivity contribution in [2.24, 2.45) is 0 Å². The highest BCUT2D eigenvalue weighted by Crippen LogP contribution is 2.36. The number of amides is 1. The van der Waals surface area contributed by atoms with E-state index in [1.54, 1.807) is 16.8 Å².